The molecule has 3 rings (SSSR count). The average molecular weight is 294 g/mol. The number of hydrogen-bond acceptors (Lipinski definition) is 5. The van der Waals surface area contributed by atoms with E-state index in [9.17, 15) is 5.11 Å². The fourth-order valence-electron chi connectivity index (χ4n) is 2.93. The van der Waals surface area contributed by atoms with Gasteiger partial charge in [-0.15, -0.1) is 0 Å². The summed E-state index contributed by atoms with van der Waals surface area (Å²) in [6.45, 7) is 3.82. The van der Waals surface area contributed by atoms with Gasteiger partial charge in [-0.3, -0.25) is 0 Å². The summed E-state index contributed by atoms with van der Waals surface area (Å²) in [4.78, 5) is 0. The van der Waals surface area contributed by atoms with Crippen molar-refractivity contribution >= 4 is 0 Å². The lowest BCUT2D eigenvalue weighted by atomic mass is 9.89. The molecular weight excluding hydrogens is 272 g/mol. The predicted molar refractivity (Wildman–Crippen MR) is 76.5 cm³/mol. The van der Waals surface area contributed by atoms with Crippen molar-refractivity contribution in [3.8, 4) is 11.5 Å². The lowest BCUT2D eigenvalue weighted by Crippen LogP contribution is -2.47. The fraction of sp³-hybridized carbons (Fsp3) is 0.625. The Balaban J connectivity index is 1.64. The van der Waals surface area contributed by atoms with Crippen LogP contribution in [0.3, 0.4) is 0 Å². The molecule has 5 heteroatoms. The molecule has 116 valence electrons. The molecule has 2 aliphatic rings. The van der Waals surface area contributed by atoms with Gasteiger partial charge in [0.25, 0.3) is 0 Å². The minimum absolute atomic E-state index is 0.310. The Morgan fingerprint density at radius 3 is 2.52 bits per heavy atom. The first-order valence-corrected chi connectivity index (χ1v) is 7.56. The van der Waals surface area contributed by atoms with Gasteiger partial charge in [0.2, 0.25) is 0 Å². The normalized spacial score (nSPS) is 27.7. The van der Waals surface area contributed by atoms with Crippen molar-refractivity contribution in [2.45, 2.75) is 44.2 Å². The predicted octanol–water partition coefficient (Wildman–Crippen LogP) is 2.12. The monoisotopic (exact) mass is 294 g/mol. The zero-order valence-electron chi connectivity index (χ0n) is 12.3. The van der Waals surface area contributed by atoms with E-state index in [2.05, 4.69) is 0 Å². The molecule has 1 aromatic rings. The maximum atomic E-state index is 10.2. The maximum Gasteiger partial charge on any atom is 0.172 e. The van der Waals surface area contributed by atoms with Crippen LogP contribution < -0.4 is 9.47 Å². The first kappa shape index (κ1) is 14.6. The average Bonchev–Trinajstić information content (AvgIpc) is 2.94. The first-order chi connectivity index (χ1) is 10.2. The van der Waals surface area contributed by atoms with Crippen LogP contribution in [0.1, 0.15) is 26.2 Å². The van der Waals surface area contributed by atoms with Crippen LogP contribution in [0.5, 0.6) is 11.5 Å². The van der Waals surface area contributed by atoms with E-state index in [1.807, 2.05) is 31.2 Å². The zero-order chi connectivity index (χ0) is 14.7. The second kappa shape index (κ2) is 6.22. The molecule has 1 spiro atoms. The molecular formula is C16H22O5. The Labute approximate surface area is 124 Å². The molecule has 1 aliphatic heterocycles. The van der Waals surface area contributed by atoms with Gasteiger partial charge in [0, 0.05) is 12.8 Å². The number of ether oxygens (including phenoxy) is 4. The van der Waals surface area contributed by atoms with Crippen molar-refractivity contribution in [2.75, 3.05) is 19.8 Å². The minimum Gasteiger partial charge on any atom is -0.494 e. The highest BCUT2D eigenvalue weighted by molar-refractivity contribution is 5.31. The van der Waals surface area contributed by atoms with E-state index in [4.69, 9.17) is 18.9 Å². The van der Waals surface area contributed by atoms with Gasteiger partial charge in [-0.25, -0.2) is 0 Å². The maximum absolute atomic E-state index is 10.2. The fourth-order valence-corrected chi connectivity index (χ4v) is 2.93. The molecule has 1 N–H and O–H groups in total. The Hall–Kier alpha value is -1.30. The van der Waals surface area contributed by atoms with Crippen LogP contribution in [0.2, 0.25) is 0 Å². The summed E-state index contributed by atoms with van der Waals surface area (Å²) >= 11 is 0. The highest BCUT2D eigenvalue weighted by Crippen LogP contribution is 2.37. The van der Waals surface area contributed by atoms with Crippen LogP contribution in [-0.4, -0.2) is 42.9 Å². The molecule has 1 aliphatic carbocycles. The van der Waals surface area contributed by atoms with E-state index in [0.29, 0.717) is 32.7 Å². The molecule has 0 radical (unpaired) electrons. The van der Waals surface area contributed by atoms with Gasteiger partial charge in [-0.05, 0) is 37.6 Å². The summed E-state index contributed by atoms with van der Waals surface area (Å²) in [6, 6.07) is 7.45. The van der Waals surface area contributed by atoms with Gasteiger partial charge in [0.1, 0.15) is 17.6 Å². The van der Waals surface area contributed by atoms with Crippen molar-refractivity contribution in [1.29, 1.82) is 0 Å². The van der Waals surface area contributed by atoms with Crippen LogP contribution in [0.15, 0.2) is 24.3 Å². The number of aliphatic hydroxyl groups excluding tert-OH is 1. The third kappa shape index (κ3) is 3.31. The molecule has 5 nitrogen and oxygen atoms in total. The van der Waals surface area contributed by atoms with E-state index in [1.54, 1.807) is 0 Å². The van der Waals surface area contributed by atoms with E-state index in [1.165, 1.54) is 0 Å². The van der Waals surface area contributed by atoms with Crippen LogP contribution in [0.4, 0.5) is 0 Å². The van der Waals surface area contributed by atoms with Gasteiger partial charge in [-0.1, -0.05) is 0 Å². The first-order valence-electron chi connectivity index (χ1n) is 7.56. The molecule has 0 bridgehead atoms. The standard InChI is InChI=1S/C16H22O5/c1-2-18-12-3-5-13(6-4-12)21-15-11-16(8-7-14(15)17)19-9-10-20-16/h3-6,14-15,17H,2,7-11H2,1H3. The molecule has 2 atom stereocenters. The second-order valence-corrected chi connectivity index (χ2v) is 5.48. The molecule has 1 heterocycles. The number of rotatable bonds is 4. The van der Waals surface area contributed by atoms with Crippen molar-refractivity contribution in [2.24, 2.45) is 0 Å². The third-order valence-corrected chi connectivity index (χ3v) is 4.00. The molecule has 1 saturated heterocycles. The van der Waals surface area contributed by atoms with E-state index < -0.39 is 11.9 Å². The van der Waals surface area contributed by atoms with Crippen LogP contribution in [-0.2, 0) is 9.47 Å². The highest BCUT2D eigenvalue weighted by Gasteiger charge is 2.45. The summed E-state index contributed by atoms with van der Waals surface area (Å²) in [6.07, 6.45) is 1.10. The van der Waals surface area contributed by atoms with Crippen LogP contribution >= 0.6 is 0 Å². The van der Waals surface area contributed by atoms with Gasteiger partial charge in [0.15, 0.2) is 5.79 Å². The number of aliphatic hydroxyl groups is 1. The lowest BCUT2D eigenvalue weighted by molar-refractivity contribution is -0.209. The number of benzene rings is 1. The second-order valence-electron chi connectivity index (χ2n) is 5.48. The largest absolute Gasteiger partial charge is 0.494 e. The van der Waals surface area contributed by atoms with Crippen LogP contribution in [0.25, 0.3) is 0 Å². The smallest absolute Gasteiger partial charge is 0.172 e. The van der Waals surface area contributed by atoms with Crippen molar-refractivity contribution in [3.63, 3.8) is 0 Å². The summed E-state index contributed by atoms with van der Waals surface area (Å²) < 4.78 is 22.8. The Bertz CT molecular complexity index is 452. The molecule has 0 amide bonds. The van der Waals surface area contributed by atoms with Gasteiger partial charge in [-0.2, -0.15) is 0 Å². The van der Waals surface area contributed by atoms with Gasteiger partial charge >= 0.3 is 0 Å². The van der Waals surface area contributed by atoms with Gasteiger partial charge < -0.3 is 24.1 Å². The van der Waals surface area contributed by atoms with Crippen molar-refractivity contribution < 1.29 is 24.1 Å². The minimum atomic E-state index is -0.560. The molecule has 0 aromatic heterocycles. The SMILES string of the molecule is CCOc1ccc(OC2CC3(CCC2O)OCCO3)cc1. The van der Waals surface area contributed by atoms with E-state index >= 15 is 0 Å². The third-order valence-electron chi connectivity index (χ3n) is 4.00. The molecule has 2 fully saturated rings. The summed E-state index contributed by atoms with van der Waals surface area (Å²) in [5, 5.41) is 10.2. The lowest BCUT2D eigenvalue weighted by Gasteiger charge is -2.38. The molecule has 2 unspecified atom stereocenters. The zero-order valence-corrected chi connectivity index (χ0v) is 12.3. The molecule has 21 heavy (non-hydrogen) atoms. The van der Waals surface area contributed by atoms with E-state index in [-0.39, 0.29) is 6.10 Å². The quantitative estimate of drug-likeness (QED) is 0.922. The Kier molecular flexibility index (Phi) is 4.33. The number of hydrogen-bond donors (Lipinski definition) is 1. The van der Waals surface area contributed by atoms with E-state index in [0.717, 1.165) is 17.9 Å². The van der Waals surface area contributed by atoms with Crippen LogP contribution in [0, 0.1) is 0 Å². The Morgan fingerprint density at radius 2 is 1.86 bits per heavy atom. The summed E-state index contributed by atoms with van der Waals surface area (Å²) in [5.41, 5.74) is 0. The highest BCUT2D eigenvalue weighted by atomic mass is 16.7. The topological polar surface area (TPSA) is 57.2 Å². The summed E-state index contributed by atoms with van der Waals surface area (Å²) in [5.74, 6) is 0.973. The van der Waals surface area contributed by atoms with Gasteiger partial charge in [0.05, 0.1) is 25.9 Å². The summed E-state index contributed by atoms with van der Waals surface area (Å²) in [7, 11) is 0. The Morgan fingerprint density at radius 1 is 1.19 bits per heavy atom. The van der Waals surface area contributed by atoms with Crippen molar-refractivity contribution in [1.82, 2.24) is 0 Å². The molecule has 1 aromatic carbocycles. The van der Waals surface area contributed by atoms with Crippen molar-refractivity contribution in [3.05, 3.63) is 24.3 Å². The molecule has 1 saturated carbocycles.